The minimum absolute atomic E-state index is 0.00409. The molecule has 3 heterocycles. The highest BCUT2D eigenvalue weighted by atomic mass is 35.5. The Morgan fingerprint density at radius 2 is 1.96 bits per heavy atom. The van der Waals surface area contributed by atoms with E-state index in [-0.39, 0.29) is 33.9 Å². The van der Waals surface area contributed by atoms with Crippen molar-refractivity contribution in [2.75, 3.05) is 38.3 Å². The van der Waals surface area contributed by atoms with Crippen molar-refractivity contribution in [2.24, 2.45) is 22.7 Å². The third-order valence-electron chi connectivity index (χ3n) is 12.2. The maximum atomic E-state index is 14.0. The summed E-state index contributed by atoms with van der Waals surface area (Å²) >= 11 is 6.49. The number of aliphatic imine (C=N–C) groups is 1. The number of aryl methyl sites for hydroxylation is 1. The molecule has 0 radical (unpaired) electrons. The van der Waals surface area contributed by atoms with Gasteiger partial charge in [0.15, 0.2) is 5.90 Å². The predicted octanol–water partition coefficient (Wildman–Crippen LogP) is 7.17. The summed E-state index contributed by atoms with van der Waals surface area (Å²) in [7, 11) is -1.16. The smallest absolute Gasteiger partial charge is 0.262 e. The van der Waals surface area contributed by atoms with E-state index < -0.39 is 15.3 Å². The van der Waals surface area contributed by atoms with Gasteiger partial charge in [0, 0.05) is 41.5 Å². The molecule has 1 unspecified atom stereocenters. The minimum Gasteiger partial charge on any atom is -0.490 e. The Morgan fingerprint density at radius 1 is 1.14 bits per heavy atom. The molecule has 2 bridgehead atoms. The first-order chi connectivity index (χ1) is 23.7. The van der Waals surface area contributed by atoms with Crippen LogP contribution in [0.1, 0.15) is 87.7 Å². The van der Waals surface area contributed by atoms with Crippen molar-refractivity contribution >= 4 is 44.7 Å². The number of allylic oxidation sites excluding steroid dienone is 1. The maximum absolute atomic E-state index is 14.0. The molecule has 1 saturated carbocycles. The number of anilines is 1. The highest BCUT2D eigenvalue weighted by Crippen LogP contribution is 2.50. The van der Waals surface area contributed by atoms with Crippen LogP contribution in [0.4, 0.5) is 5.69 Å². The number of halogens is 1. The van der Waals surface area contributed by atoms with Crippen LogP contribution in [0.2, 0.25) is 5.02 Å². The van der Waals surface area contributed by atoms with Gasteiger partial charge in [0.25, 0.3) is 5.91 Å². The molecule has 3 aliphatic heterocycles. The number of carbonyl (C=O) groups excluding carboxylic acids is 1. The number of fused-ring (bicyclic) bond motifs is 4. The average molecular weight is 722 g/mol. The zero-order valence-corrected chi connectivity index (χ0v) is 31.7. The number of amides is 1. The summed E-state index contributed by atoms with van der Waals surface area (Å²) in [4.78, 5) is 21.1. The normalized spacial score (nSPS) is 35.7. The van der Waals surface area contributed by atoms with Gasteiger partial charge >= 0.3 is 0 Å². The Labute approximate surface area is 303 Å². The first-order valence-corrected chi connectivity index (χ1v) is 20.3. The van der Waals surface area contributed by atoms with E-state index in [9.17, 15) is 9.00 Å². The lowest BCUT2D eigenvalue weighted by molar-refractivity contribution is -0.0722. The molecular weight excluding hydrogens is 670 g/mol. The molecule has 1 N–H and O–H groups in total. The second-order valence-corrected chi connectivity index (χ2v) is 19.0. The lowest BCUT2D eigenvalue weighted by atomic mass is 9.63. The van der Waals surface area contributed by atoms with Crippen molar-refractivity contribution < 1.29 is 23.2 Å². The number of rotatable bonds is 3. The molecule has 1 spiro atoms. The van der Waals surface area contributed by atoms with E-state index in [4.69, 9.17) is 30.8 Å². The Kier molecular flexibility index (Phi) is 9.34. The summed E-state index contributed by atoms with van der Waals surface area (Å²) in [5, 5.41) is 0.395. The molecular formula is C40H52ClN3O5S. The molecule has 0 saturated heterocycles. The van der Waals surface area contributed by atoms with Crippen LogP contribution < -0.4 is 14.4 Å². The number of carbonyl (C=O) groups is 1. The Bertz CT molecular complexity index is 1820. The fourth-order valence-electron chi connectivity index (χ4n) is 8.92. The lowest BCUT2D eigenvalue weighted by Crippen LogP contribution is -2.53. The molecule has 2 aromatic carbocycles. The molecule has 5 aliphatic rings. The average Bonchev–Trinajstić information content (AvgIpc) is 3.32. The van der Waals surface area contributed by atoms with Gasteiger partial charge in [-0.1, -0.05) is 36.7 Å². The fourth-order valence-corrected chi connectivity index (χ4v) is 10.6. The number of hydrogen-bond acceptors (Lipinski definition) is 7. The van der Waals surface area contributed by atoms with Crippen LogP contribution in [0.5, 0.6) is 5.75 Å². The molecule has 1 fully saturated rings. The topological polar surface area (TPSA) is 89.5 Å². The van der Waals surface area contributed by atoms with Crippen molar-refractivity contribution in [2.45, 2.75) is 94.4 Å². The van der Waals surface area contributed by atoms with E-state index >= 15 is 0 Å². The highest BCUT2D eigenvalue weighted by Gasteiger charge is 2.50. The molecule has 2 aromatic rings. The summed E-state index contributed by atoms with van der Waals surface area (Å²) < 4.78 is 36.2. The van der Waals surface area contributed by atoms with Crippen molar-refractivity contribution in [1.82, 2.24) is 4.72 Å². The molecule has 10 heteroatoms. The summed E-state index contributed by atoms with van der Waals surface area (Å²) in [5.74, 6) is 5.67. The van der Waals surface area contributed by atoms with Gasteiger partial charge in [0.05, 0.1) is 39.6 Å². The van der Waals surface area contributed by atoms with Crippen LogP contribution in [0.15, 0.2) is 53.5 Å². The van der Waals surface area contributed by atoms with Crippen LogP contribution in [0.3, 0.4) is 0 Å². The van der Waals surface area contributed by atoms with E-state index in [0.29, 0.717) is 37.5 Å². The predicted molar refractivity (Wildman–Crippen MR) is 203 cm³/mol. The van der Waals surface area contributed by atoms with Crippen molar-refractivity contribution in [3.63, 3.8) is 0 Å². The van der Waals surface area contributed by atoms with Crippen LogP contribution in [0.25, 0.3) is 0 Å². The first kappa shape index (κ1) is 35.4. The van der Waals surface area contributed by atoms with Gasteiger partial charge in [-0.2, -0.15) is 0 Å². The monoisotopic (exact) mass is 721 g/mol. The molecule has 2 aliphatic carbocycles. The van der Waals surface area contributed by atoms with Gasteiger partial charge < -0.3 is 19.1 Å². The summed E-state index contributed by atoms with van der Waals surface area (Å²) in [6.45, 7) is 10.8. The lowest BCUT2D eigenvalue weighted by Gasteiger charge is -2.50. The Balaban J connectivity index is 1.33. The summed E-state index contributed by atoms with van der Waals surface area (Å²) in [5.41, 5.74) is 2.77. The van der Waals surface area contributed by atoms with Crippen LogP contribution in [-0.2, 0) is 31.0 Å². The van der Waals surface area contributed by atoms with E-state index in [2.05, 4.69) is 60.5 Å². The van der Waals surface area contributed by atoms with E-state index in [1.165, 1.54) is 11.1 Å². The van der Waals surface area contributed by atoms with E-state index in [1.54, 1.807) is 6.07 Å². The molecule has 1 amide bonds. The number of benzene rings is 2. The molecule has 8 nitrogen and oxygen atoms in total. The number of hydrogen-bond donors (Lipinski definition) is 1. The highest BCUT2D eigenvalue weighted by molar-refractivity contribution is 7.99. The second kappa shape index (κ2) is 13.2. The SMILES string of the molecule is C=S1(=O)NC(=O)c2ccc3c(c2)N(C[C@@H]2CC[C@H]2[C@](CC2=NC(C)(C)CO2)(OC)/C=C/C[C@H](C)[C@H]1C)C[C@@]1(CCCc2cc(Cl)ccc21)CO3. The number of ether oxygens (including phenoxy) is 3. The molecule has 50 heavy (non-hydrogen) atoms. The maximum Gasteiger partial charge on any atom is 0.262 e. The number of methoxy groups -OCH3 is 1. The van der Waals surface area contributed by atoms with Gasteiger partial charge in [-0.3, -0.25) is 9.52 Å². The van der Waals surface area contributed by atoms with Gasteiger partial charge in [-0.05, 0) is 124 Å². The zero-order valence-electron chi connectivity index (χ0n) is 30.1. The molecule has 270 valence electrons. The zero-order chi connectivity index (χ0) is 35.5. The molecule has 7 atom stereocenters. The molecule has 0 aromatic heterocycles. The van der Waals surface area contributed by atoms with Gasteiger partial charge in [0.2, 0.25) is 0 Å². The van der Waals surface area contributed by atoms with Crippen LogP contribution >= 0.6 is 11.6 Å². The summed E-state index contributed by atoms with van der Waals surface area (Å²) in [6, 6.07) is 11.9. The van der Waals surface area contributed by atoms with Crippen LogP contribution in [-0.4, -0.2) is 71.7 Å². The fraction of sp³-hybridized carbons (Fsp3) is 0.575. The van der Waals surface area contributed by atoms with Gasteiger partial charge in [-0.15, -0.1) is 0 Å². The van der Waals surface area contributed by atoms with Crippen molar-refractivity contribution in [3.05, 3.63) is 70.3 Å². The van der Waals surface area contributed by atoms with Gasteiger partial charge in [0.1, 0.15) is 12.4 Å². The third kappa shape index (κ3) is 6.58. The third-order valence-corrected chi connectivity index (χ3v) is 14.6. The number of nitrogens with one attached hydrogen (secondary N) is 1. The first-order valence-electron chi connectivity index (χ1n) is 18.2. The minimum atomic E-state index is -2.97. The Morgan fingerprint density at radius 3 is 2.68 bits per heavy atom. The van der Waals surface area contributed by atoms with Crippen LogP contribution in [0, 0.1) is 17.8 Å². The largest absolute Gasteiger partial charge is 0.490 e. The standard InChI is InChI=1S/C40H52ClN3O5S/c1-26-9-7-18-40(47-5,21-36-42-38(3,4)24-49-36)33-14-11-30(33)22-44-23-39(17-8-10-28-19-31(41)13-15-32(28)39)25-48-35-16-12-29(20-34(35)44)37(45)43-50(6,46)27(26)2/h7,12-13,15-16,18-20,26-27,30,33H,6,8-11,14,17,21-25H2,1-5H3,(H,43,45,46)/b18-7+/t26-,27+,30-,33+,39-,40-,50?/m0/s1. The quantitative estimate of drug-likeness (QED) is 0.267. The summed E-state index contributed by atoms with van der Waals surface area (Å²) in [6.07, 6.45) is 10.7. The van der Waals surface area contributed by atoms with Crippen molar-refractivity contribution in [1.29, 1.82) is 0 Å². The Hall–Kier alpha value is -3.01. The van der Waals surface area contributed by atoms with Crippen molar-refractivity contribution in [3.8, 4) is 5.75 Å². The number of nitrogens with zero attached hydrogens (tertiary/aromatic N) is 2. The van der Waals surface area contributed by atoms with Gasteiger partial charge in [-0.25, -0.2) is 9.20 Å². The second-order valence-electron chi connectivity index (χ2n) is 16.2. The van der Waals surface area contributed by atoms with E-state index in [0.717, 1.165) is 67.6 Å². The molecule has 7 rings (SSSR count). The van der Waals surface area contributed by atoms with E-state index in [1.807, 2.05) is 32.2 Å².